The van der Waals surface area contributed by atoms with E-state index < -0.39 is 11.1 Å². The van der Waals surface area contributed by atoms with Gasteiger partial charge in [-0.2, -0.15) is 10.2 Å². The number of carbonyl (C=O) groups is 1. The first-order chi connectivity index (χ1) is 25.2. The maximum Gasteiger partial charge on any atom is 0.190 e. The summed E-state index contributed by atoms with van der Waals surface area (Å²) in [6, 6.07) is 62.4. The smallest absolute Gasteiger partial charge is 0.190 e. The van der Waals surface area contributed by atoms with Crippen LogP contribution in [0.25, 0.3) is 0 Å². The second kappa shape index (κ2) is 12.7. The number of rotatable bonds is 6. The van der Waals surface area contributed by atoms with Crippen LogP contribution in [0.2, 0.25) is 0 Å². The topological polar surface area (TPSA) is 48.3 Å². The molecule has 5 heteroatoms. The number of para-hydroxylation sites is 2. The van der Waals surface area contributed by atoms with E-state index in [1.165, 1.54) is 0 Å². The lowest BCUT2D eigenvalue weighted by molar-refractivity contribution is -0.132. The molecule has 2 spiro atoms. The first-order valence-corrected chi connectivity index (χ1v) is 17.8. The summed E-state index contributed by atoms with van der Waals surface area (Å²) < 4.78 is 0. The molecule has 2 unspecified atom stereocenters. The van der Waals surface area contributed by atoms with E-state index in [4.69, 9.17) is 10.2 Å². The number of ketones is 1. The first kappa shape index (κ1) is 30.9. The molecule has 1 saturated carbocycles. The molecule has 6 aromatic carbocycles. The number of anilines is 2. The van der Waals surface area contributed by atoms with E-state index in [0.29, 0.717) is 12.8 Å². The zero-order valence-corrected chi connectivity index (χ0v) is 28.3. The Morgan fingerprint density at radius 3 is 1.10 bits per heavy atom. The molecule has 51 heavy (non-hydrogen) atoms. The van der Waals surface area contributed by atoms with E-state index in [1.54, 1.807) is 0 Å². The van der Waals surface area contributed by atoms with E-state index in [9.17, 15) is 0 Å². The van der Waals surface area contributed by atoms with Crippen LogP contribution in [0.15, 0.2) is 192 Å². The molecule has 0 amide bonds. The van der Waals surface area contributed by atoms with Gasteiger partial charge >= 0.3 is 0 Å². The van der Waals surface area contributed by atoms with Gasteiger partial charge in [-0.15, -0.1) is 0 Å². The highest BCUT2D eigenvalue weighted by atomic mass is 16.1. The fourth-order valence-electron chi connectivity index (χ4n) is 8.93. The lowest BCUT2D eigenvalue weighted by atomic mass is 9.57. The predicted molar refractivity (Wildman–Crippen MR) is 206 cm³/mol. The van der Waals surface area contributed by atoms with Crippen LogP contribution in [0.4, 0.5) is 11.4 Å². The van der Waals surface area contributed by atoms with Crippen LogP contribution < -0.4 is 10.0 Å². The molecule has 0 saturated heterocycles. The van der Waals surface area contributed by atoms with Crippen molar-refractivity contribution in [1.82, 2.24) is 0 Å². The molecule has 9 rings (SSSR count). The standard InChI is InChI=1S/C46H38N4O/c51-44-45(40(34-20-7-1-8-21-34)42(36-24-11-3-12-25-36)47-49(45)38-28-15-5-16-29-38)32-19-33-46(44)41(35-22-9-2-10-23-35)43(37-26-13-4-14-27-37)48-50(46)39-30-17-6-18-31-39/h1-18,20-31,40-41H,19,32-33H2/t40-,41+,45?,46?. The number of hydrazone groups is 2. The molecule has 0 bridgehead atoms. The van der Waals surface area contributed by atoms with E-state index >= 15 is 4.79 Å². The predicted octanol–water partition coefficient (Wildman–Crippen LogP) is 9.63. The second-order valence-electron chi connectivity index (χ2n) is 13.7. The molecule has 2 aliphatic heterocycles. The molecular formula is C46H38N4O. The summed E-state index contributed by atoms with van der Waals surface area (Å²) in [5.41, 5.74) is 5.71. The van der Waals surface area contributed by atoms with Crippen molar-refractivity contribution in [2.75, 3.05) is 10.0 Å². The van der Waals surface area contributed by atoms with Crippen LogP contribution >= 0.6 is 0 Å². The lowest BCUT2D eigenvalue weighted by Gasteiger charge is -2.53. The Labute approximate surface area is 299 Å². The minimum absolute atomic E-state index is 0.140. The Kier molecular flexibility index (Phi) is 7.69. The summed E-state index contributed by atoms with van der Waals surface area (Å²) in [5.74, 6) is -0.525. The summed E-state index contributed by atoms with van der Waals surface area (Å²) in [6.07, 6.45) is 2.10. The number of carbonyl (C=O) groups excluding carboxylic acids is 1. The van der Waals surface area contributed by atoms with Crippen LogP contribution in [-0.4, -0.2) is 28.3 Å². The summed E-state index contributed by atoms with van der Waals surface area (Å²) >= 11 is 0. The second-order valence-corrected chi connectivity index (χ2v) is 13.7. The van der Waals surface area contributed by atoms with E-state index in [1.807, 2.05) is 60.7 Å². The highest BCUT2D eigenvalue weighted by molar-refractivity contribution is 6.21. The molecule has 1 fully saturated rings. The van der Waals surface area contributed by atoms with Gasteiger partial charge in [0.15, 0.2) is 5.78 Å². The van der Waals surface area contributed by atoms with Gasteiger partial charge in [0.2, 0.25) is 0 Å². The number of benzene rings is 6. The Balaban J connectivity index is 1.34. The number of Topliss-reactive ketones (excluding diaryl/α,β-unsaturated/α-hetero) is 1. The third-order valence-corrected chi connectivity index (χ3v) is 11.0. The van der Waals surface area contributed by atoms with Crippen molar-refractivity contribution in [3.05, 3.63) is 204 Å². The average Bonchev–Trinajstić information content (AvgIpc) is 3.73. The molecule has 2 heterocycles. The van der Waals surface area contributed by atoms with Crippen molar-refractivity contribution < 1.29 is 4.79 Å². The summed E-state index contributed by atoms with van der Waals surface area (Å²) in [4.78, 5) is 16.8. The monoisotopic (exact) mass is 662 g/mol. The van der Waals surface area contributed by atoms with Crippen LogP contribution in [0.5, 0.6) is 0 Å². The molecule has 248 valence electrons. The van der Waals surface area contributed by atoms with Crippen molar-refractivity contribution in [3.8, 4) is 0 Å². The molecule has 4 atom stereocenters. The Hall–Kier alpha value is -6.07. The van der Waals surface area contributed by atoms with Crippen molar-refractivity contribution in [1.29, 1.82) is 0 Å². The van der Waals surface area contributed by atoms with Gasteiger partial charge < -0.3 is 0 Å². The van der Waals surface area contributed by atoms with Gasteiger partial charge in [-0.1, -0.05) is 158 Å². The van der Waals surface area contributed by atoms with Crippen molar-refractivity contribution in [2.24, 2.45) is 10.2 Å². The lowest BCUT2D eigenvalue weighted by Crippen LogP contribution is -2.70. The number of hydrogen-bond acceptors (Lipinski definition) is 5. The minimum atomic E-state index is -1.05. The van der Waals surface area contributed by atoms with Gasteiger partial charge in [-0.25, -0.2) is 0 Å². The summed E-state index contributed by atoms with van der Waals surface area (Å²) in [7, 11) is 0. The zero-order chi connectivity index (χ0) is 34.3. The largest absolute Gasteiger partial charge is 0.294 e. The molecule has 5 nitrogen and oxygen atoms in total. The third-order valence-electron chi connectivity index (χ3n) is 11.0. The van der Waals surface area contributed by atoms with Gasteiger partial charge in [0.05, 0.1) is 34.6 Å². The van der Waals surface area contributed by atoms with Gasteiger partial charge in [0, 0.05) is 0 Å². The normalized spacial score (nSPS) is 24.2. The maximum absolute atomic E-state index is 16.8. The summed E-state index contributed by atoms with van der Waals surface area (Å²) in [6.45, 7) is 0. The Bertz CT molecular complexity index is 2050. The first-order valence-electron chi connectivity index (χ1n) is 17.8. The molecule has 6 aromatic rings. The number of hydrogen-bond donors (Lipinski definition) is 0. The van der Waals surface area contributed by atoms with Crippen molar-refractivity contribution in [3.63, 3.8) is 0 Å². The molecule has 0 aromatic heterocycles. The van der Waals surface area contributed by atoms with Gasteiger partial charge in [-0.3, -0.25) is 14.8 Å². The van der Waals surface area contributed by atoms with E-state index in [-0.39, 0.29) is 17.6 Å². The molecule has 1 aliphatic carbocycles. The van der Waals surface area contributed by atoms with Crippen LogP contribution in [0, 0.1) is 0 Å². The highest BCUT2D eigenvalue weighted by Gasteiger charge is 2.70. The number of nitrogens with zero attached hydrogens (tertiary/aromatic N) is 4. The SMILES string of the molecule is O=C1C2(CCCC13[C@H](c1ccccc1)C(c1ccccc1)=NN3c1ccccc1)[C@@H](c1ccccc1)C(c1ccccc1)=NN2c1ccccc1. The molecular weight excluding hydrogens is 625 g/mol. The molecule has 0 N–H and O–H groups in total. The molecule has 0 radical (unpaired) electrons. The Morgan fingerprint density at radius 1 is 0.431 bits per heavy atom. The fraction of sp³-hybridized carbons (Fsp3) is 0.152. The zero-order valence-electron chi connectivity index (χ0n) is 28.3. The van der Waals surface area contributed by atoms with E-state index in [2.05, 4.69) is 131 Å². The average molecular weight is 663 g/mol. The third kappa shape index (κ3) is 4.87. The quantitative estimate of drug-likeness (QED) is 0.179. The van der Waals surface area contributed by atoms with Gasteiger partial charge in [-0.05, 0) is 65.8 Å². The van der Waals surface area contributed by atoms with E-state index in [0.717, 1.165) is 51.5 Å². The van der Waals surface area contributed by atoms with Crippen molar-refractivity contribution in [2.45, 2.75) is 42.2 Å². The van der Waals surface area contributed by atoms with Crippen LogP contribution in [-0.2, 0) is 4.79 Å². The highest BCUT2D eigenvalue weighted by Crippen LogP contribution is 2.58. The molecule has 3 aliphatic rings. The van der Waals surface area contributed by atoms with Gasteiger partial charge in [0.1, 0.15) is 11.1 Å². The summed E-state index contributed by atoms with van der Waals surface area (Å²) in [5, 5.41) is 15.2. The van der Waals surface area contributed by atoms with Gasteiger partial charge in [0.25, 0.3) is 0 Å². The minimum Gasteiger partial charge on any atom is -0.294 e. The van der Waals surface area contributed by atoms with Crippen LogP contribution in [0.3, 0.4) is 0 Å². The van der Waals surface area contributed by atoms with Crippen molar-refractivity contribution >= 4 is 28.6 Å². The maximum atomic E-state index is 16.8. The van der Waals surface area contributed by atoms with Crippen LogP contribution in [0.1, 0.15) is 53.4 Å². The Morgan fingerprint density at radius 2 is 0.745 bits per heavy atom. The fourth-order valence-corrected chi connectivity index (χ4v) is 8.93.